The Balaban J connectivity index is 2.33. The zero-order chi connectivity index (χ0) is 15.6. The van der Waals surface area contributed by atoms with Crippen molar-refractivity contribution in [2.75, 3.05) is 5.32 Å². The highest BCUT2D eigenvalue weighted by atomic mass is 16.4. The first kappa shape index (κ1) is 14.6. The second-order valence-electron chi connectivity index (χ2n) is 4.74. The van der Waals surface area contributed by atoms with Crippen LogP contribution < -0.4 is 5.32 Å². The van der Waals surface area contributed by atoms with Gasteiger partial charge in [0.1, 0.15) is 5.75 Å². The fourth-order valence-electron chi connectivity index (χ4n) is 1.96. The Kier molecular flexibility index (Phi) is 3.93. The van der Waals surface area contributed by atoms with Gasteiger partial charge in [-0.25, -0.2) is 4.79 Å². The number of carbonyl (C=O) groups is 2. The normalized spacial score (nSPS) is 10.2. The van der Waals surface area contributed by atoms with Crippen LogP contribution in [-0.4, -0.2) is 22.1 Å². The fourth-order valence-corrected chi connectivity index (χ4v) is 1.96. The number of aryl methyl sites for hydroxylation is 1. The highest BCUT2D eigenvalue weighted by Gasteiger charge is 2.14. The van der Waals surface area contributed by atoms with Crippen LogP contribution in [0.3, 0.4) is 0 Å². The van der Waals surface area contributed by atoms with E-state index in [0.29, 0.717) is 5.56 Å². The number of carbonyl (C=O) groups excluding carboxylic acids is 1. The molecule has 0 bridgehead atoms. The molecule has 2 aromatic rings. The predicted molar refractivity (Wildman–Crippen MR) is 78.9 cm³/mol. The molecule has 2 aromatic carbocycles. The van der Waals surface area contributed by atoms with Crippen molar-refractivity contribution >= 4 is 17.6 Å². The van der Waals surface area contributed by atoms with Gasteiger partial charge in [-0.3, -0.25) is 4.79 Å². The van der Waals surface area contributed by atoms with Crippen molar-refractivity contribution in [3.8, 4) is 5.75 Å². The molecule has 5 nitrogen and oxygen atoms in total. The largest absolute Gasteiger partial charge is 0.506 e. The zero-order valence-electron chi connectivity index (χ0n) is 11.7. The summed E-state index contributed by atoms with van der Waals surface area (Å²) in [6.45, 7) is 3.73. The van der Waals surface area contributed by atoms with Crippen molar-refractivity contribution < 1.29 is 19.8 Å². The second-order valence-corrected chi connectivity index (χ2v) is 4.74. The summed E-state index contributed by atoms with van der Waals surface area (Å²) in [4.78, 5) is 23.2. The van der Waals surface area contributed by atoms with E-state index in [2.05, 4.69) is 5.32 Å². The molecule has 0 radical (unpaired) electrons. The van der Waals surface area contributed by atoms with Crippen molar-refractivity contribution in [3.05, 3.63) is 58.7 Å². The topological polar surface area (TPSA) is 86.6 Å². The molecule has 0 atom stereocenters. The van der Waals surface area contributed by atoms with Gasteiger partial charge in [0.15, 0.2) is 0 Å². The van der Waals surface area contributed by atoms with Gasteiger partial charge < -0.3 is 15.5 Å². The Morgan fingerprint density at radius 3 is 2.48 bits per heavy atom. The minimum Gasteiger partial charge on any atom is -0.506 e. The molecule has 21 heavy (non-hydrogen) atoms. The molecule has 5 heteroatoms. The van der Waals surface area contributed by atoms with Crippen LogP contribution in [0.4, 0.5) is 5.69 Å². The van der Waals surface area contributed by atoms with Gasteiger partial charge in [-0.15, -0.1) is 0 Å². The number of hydrogen-bond donors (Lipinski definition) is 3. The van der Waals surface area contributed by atoms with Gasteiger partial charge >= 0.3 is 5.97 Å². The maximum Gasteiger partial charge on any atom is 0.335 e. The second kappa shape index (κ2) is 5.66. The third-order valence-electron chi connectivity index (χ3n) is 3.34. The summed E-state index contributed by atoms with van der Waals surface area (Å²) in [5, 5.41) is 21.2. The molecule has 0 heterocycles. The van der Waals surface area contributed by atoms with E-state index in [1.54, 1.807) is 12.1 Å². The maximum absolute atomic E-state index is 12.3. The SMILES string of the molecule is Cc1cccc(C(=O)Nc2cc(C(=O)O)ccc2O)c1C. The Labute approximate surface area is 121 Å². The molecule has 0 fully saturated rings. The molecule has 1 amide bonds. The van der Waals surface area contributed by atoms with Crippen LogP contribution >= 0.6 is 0 Å². The Hall–Kier alpha value is -2.82. The van der Waals surface area contributed by atoms with Crippen molar-refractivity contribution in [1.29, 1.82) is 0 Å². The van der Waals surface area contributed by atoms with E-state index in [4.69, 9.17) is 5.11 Å². The molecule has 3 N–H and O–H groups in total. The molecule has 0 aliphatic carbocycles. The maximum atomic E-state index is 12.3. The van der Waals surface area contributed by atoms with Gasteiger partial charge in [-0.1, -0.05) is 12.1 Å². The number of aromatic hydroxyl groups is 1. The lowest BCUT2D eigenvalue weighted by atomic mass is 10.0. The van der Waals surface area contributed by atoms with E-state index in [1.165, 1.54) is 18.2 Å². The number of amides is 1. The van der Waals surface area contributed by atoms with Crippen LogP contribution in [0.1, 0.15) is 31.8 Å². The molecule has 0 spiro atoms. The Morgan fingerprint density at radius 2 is 1.81 bits per heavy atom. The standard InChI is InChI=1S/C16H15NO4/c1-9-4-3-5-12(10(9)2)15(19)17-13-8-11(16(20)21)6-7-14(13)18/h3-8,18H,1-2H3,(H,17,19)(H,20,21). The highest BCUT2D eigenvalue weighted by molar-refractivity contribution is 6.06. The van der Waals surface area contributed by atoms with E-state index < -0.39 is 11.9 Å². The van der Waals surface area contributed by atoms with Crippen molar-refractivity contribution in [1.82, 2.24) is 0 Å². The summed E-state index contributed by atoms with van der Waals surface area (Å²) in [6.07, 6.45) is 0. The van der Waals surface area contributed by atoms with E-state index in [0.717, 1.165) is 11.1 Å². The van der Waals surface area contributed by atoms with Gasteiger partial charge in [0.2, 0.25) is 0 Å². The monoisotopic (exact) mass is 285 g/mol. The summed E-state index contributed by atoms with van der Waals surface area (Å²) in [6, 6.07) is 9.07. The first-order valence-corrected chi connectivity index (χ1v) is 6.34. The van der Waals surface area contributed by atoms with Crippen LogP contribution in [-0.2, 0) is 0 Å². The summed E-state index contributed by atoms with van der Waals surface area (Å²) < 4.78 is 0. The molecule has 0 saturated heterocycles. The quantitative estimate of drug-likeness (QED) is 0.757. The van der Waals surface area contributed by atoms with E-state index in [9.17, 15) is 14.7 Å². The average molecular weight is 285 g/mol. The van der Waals surface area contributed by atoms with Gasteiger partial charge in [-0.05, 0) is 49.2 Å². The molecular weight excluding hydrogens is 270 g/mol. The van der Waals surface area contributed by atoms with E-state index in [-0.39, 0.29) is 17.0 Å². The van der Waals surface area contributed by atoms with Crippen LogP contribution in [0, 0.1) is 13.8 Å². The number of rotatable bonds is 3. The van der Waals surface area contributed by atoms with Gasteiger partial charge in [-0.2, -0.15) is 0 Å². The molecule has 2 rings (SSSR count). The average Bonchev–Trinajstić information content (AvgIpc) is 2.43. The number of carboxylic acids is 1. The number of nitrogens with one attached hydrogen (secondary N) is 1. The van der Waals surface area contributed by atoms with Crippen LogP contribution in [0.5, 0.6) is 5.75 Å². The van der Waals surface area contributed by atoms with E-state index >= 15 is 0 Å². The number of anilines is 1. The lowest BCUT2D eigenvalue weighted by molar-refractivity contribution is 0.0696. The number of phenols is 1. The minimum atomic E-state index is -1.13. The number of hydrogen-bond acceptors (Lipinski definition) is 3. The van der Waals surface area contributed by atoms with Crippen molar-refractivity contribution in [2.24, 2.45) is 0 Å². The first-order chi connectivity index (χ1) is 9.90. The molecule has 108 valence electrons. The summed E-state index contributed by atoms with van der Waals surface area (Å²) in [5.41, 5.74) is 2.36. The van der Waals surface area contributed by atoms with Crippen LogP contribution in [0.15, 0.2) is 36.4 Å². The van der Waals surface area contributed by atoms with Gasteiger partial charge in [0, 0.05) is 5.56 Å². The lowest BCUT2D eigenvalue weighted by Gasteiger charge is -2.11. The fraction of sp³-hybridized carbons (Fsp3) is 0.125. The molecule has 0 saturated carbocycles. The number of benzene rings is 2. The van der Waals surface area contributed by atoms with Crippen LogP contribution in [0.25, 0.3) is 0 Å². The third kappa shape index (κ3) is 3.02. The molecule has 0 aliphatic heterocycles. The van der Waals surface area contributed by atoms with Crippen molar-refractivity contribution in [2.45, 2.75) is 13.8 Å². The van der Waals surface area contributed by atoms with Gasteiger partial charge in [0.05, 0.1) is 11.3 Å². The summed E-state index contributed by atoms with van der Waals surface area (Å²) in [7, 11) is 0. The zero-order valence-corrected chi connectivity index (χ0v) is 11.7. The Morgan fingerprint density at radius 1 is 1.10 bits per heavy atom. The Bertz CT molecular complexity index is 722. The first-order valence-electron chi connectivity index (χ1n) is 6.34. The smallest absolute Gasteiger partial charge is 0.335 e. The summed E-state index contributed by atoms with van der Waals surface area (Å²) in [5.74, 6) is -1.70. The minimum absolute atomic E-state index is 0.0101. The number of phenolic OH excluding ortho intramolecular Hbond substituents is 1. The molecule has 0 aromatic heterocycles. The third-order valence-corrected chi connectivity index (χ3v) is 3.34. The summed E-state index contributed by atoms with van der Waals surface area (Å²) >= 11 is 0. The van der Waals surface area contributed by atoms with Crippen LogP contribution in [0.2, 0.25) is 0 Å². The number of aromatic carboxylic acids is 1. The van der Waals surface area contributed by atoms with E-state index in [1.807, 2.05) is 19.9 Å². The number of carboxylic acid groups (broad SMARTS) is 1. The molecule has 0 unspecified atom stereocenters. The molecular formula is C16H15NO4. The van der Waals surface area contributed by atoms with Gasteiger partial charge in [0.25, 0.3) is 5.91 Å². The van der Waals surface area contributed by atoms with Crippen molar-refractivity contribution in [3.63, 3.8) is 0 Å². The highest BCUT2D eigenvalue weighted by Crippen LogP contribution is 2.25. The lowest BCUT2D eigenvalue weighted by Crippen LogP contribution is -2.14. The predicted octanol–water partition coefficient (Wildman–Crippen LogP) is 2.96. The molecule has 0 aliphatic rings.